The van der Waals surface area contributed by atoms with E-state index in [0.717, 1.165) is 11.5 Å². The van der Waals surface area contributed by atoms with Gasteiger partial charge in [0.2, 0.25) is 0 Å². The highest BCUT2D eigenvalue weighted by Gasteiger charge is 2.02. The Morgan fingerprint density at radius 1 is 1.24 bits per heavy atom. The summed E-state index contributed by atoms with van der Waals surface area (Å²) in [6.07, 6.45) is 1.67. The van der Waals surface area contributed by atoms with E-state index in [0.29, 0.717) is 10.7 Å². The Balaban J connectivity index is 2.25. The Morgan fingerprint density at radius 3 is 2.76 bits per heavy atom. The van der Waals surface area contributed by atoms with Crippen LogP contribution in [-0.4, -0.2) is 12.0 Å². The minimum atomic E-state index is -0.355. The van der Waals surface area contributed by atoms with Gasteiger partial charge in [0.05, 0.1) is 10.7 Å². The lowest BCUT2D eigenvalue weighted by molar-refractivity contribution is 0.628. The van der Waals surface area contributed by atoms with Crippen molar-refractivity contribution in [2.45, 2.75) is 0 Å². The Bertz CT molecular complexity index is 531. The summed E-state index contributed by atoms with van der Waals surface area (Å²) >= 11 is 5.92. The fraction of sp³-hybridized carbons (Fsp3) is 0.0833. The van der Waals surface area contributed by atoms with Crippen LogP contribution >= 0.6 is 11.6 Å². The second-order valence-corrected chi connectivity index (χ2v) is 3.84. The molecule has 0 bridgehead atoms. The van der Waals surface area contributed by atoms with Gasteiger partial charge in [-0.05, 0) is 24.3 Å². The van der Waals surface area contributed by atoms with Gasteiger partial charge < -0.3 is 10.6 Å². The highest BCUT2D eigenvalue weighted by atomic mass is 35.5. The van der Waals surface area contributed by atoms with Crippen LogP contribution in [0.25, 0.3) is 0 Å². The van der Waals surface area contributed by atoms with Crippen LogP contribution in [0.15, 0.2) is 36.5 Å². The van der Waals surface area contributed by atoms with Crippen LogP contribution in [0.2, 0.25) is 5.02 Å². The number of aromatic nitrogens is 1. The van der Waals surface area contributed by atoms with Crippen molar-refractivity contribution in [1.29, 1.82) is 0 Å². The molecule has 1 aromatic heterocycles. The molecule has 2 rings (SSSR count). The van der Waals surface area contributed by atoms with Crippen molar-refractivity contribution >= 4 is 28.8 Å². The molecule has 88 valence electrons. The topological polar surface area (TPSA) is 37.0 Å². The molecule has 0 aliphatic carbocycles. The van der Waals surface area contributed by atoms with Gasteiger partial charge in [-0.3, -0.25) is 0 Å². The zero-order valence-electron chi connectivity index (χ0n) is 9.17. The third kappa shape index (κ3) is 2.85. The molecule has 0 radical (unpaired) electrons. The number of anilines is 3. The van der Waals surface area contributed by atoms with Crippen LogP contribution in [0.3, 0.4) is 0 Å². The molecule has 0 aliphatic heterocycles. The molecule has 5 heteroatoms. The molecular weight excluding hydrogens is 241 g/mol. The molecule has 0 saturated heterocycles. The Kier molecular flexibility index (Phi) is 3.44. The van der Waals surface area contributed by atoms with Crippen LogP contribution in [0.1, 0.15) is 0 Å². The van der Waals surface area contributed by atoms with E-state index in [1.807, 2.05) is 6.07 Å². The predicted octanol–water partition coefficient (Wildman–Crippen LogP) is 3.66. The molecule has 0 amide bonds. The standard InChI is InChI=1S/C12H11ClFN3/c1-15-12-7-9(4-5-16-12)17-11-3-2-8(14)6-10(11)13/h2-7H,1H3,(H2,15,16,17). The van der Waals surface area contributed by atoms with E-state index in [4.69, 9.17) is 11.6 Å². The molecule has 1 heterocycles. The van der Waals surface area contributed by atoms with Gasteiger partial charge in [-0.2, -0.15) is 0 Å². The van der Waals surface area contributed by atoms with E-state index in [-0.39, 0.29) is 5.82 Å². The summed E-state index contributed by atoms with van der Waals surface area (Å²) in [6, 6.07) is 7.86. The van der Waals surface area contributed by atoms with Crippen molar-refractivity contribution < 1.29 is 4.39 Å². The third-order valence-corrected chi connectivity index (χ3v) is 2.54. The lowest BCUT2D eigenvalue weighted by atomic mass is 10.3. The van der Waals surface area contributed by atoms with Crippen LogP contribution < -0.4 is 10.6 Å². The maximum absolute atomic E-state index is 12.9. The zero-order valence-corrected chi connectivity index (χ0v) is 9.92. The lowest BCUT2D eigenvalue weighted by Gasteiger charge is -2.09. The molecule has 2 aromatic rings. The fourth-order valence-corrected chi connectivity index (χ4v) is 1.61. The smallest absolute Gasteiger partial charge is 0.127 e. The molecule has 3 nitrogen and oxygen atoms in total. The molecule has 0 fully saturated rings. The molecule has 2 N–H and O–H groups in total. The molecule has 1 aromatic carbocycles. The predicted molar refractivity (Wildman–Crippen MR) is 68.5 cm³/mol. The summed E-state index contributed by atoms with van der Waals surface area (Å²) in [5, 5.41) is 6.37. The number of hydrogen-bond donors (Lipinski definition) is 2. The minimum absolute atomic E-state index is 0.341. The maximum atomic E-state index is 12.9. The van der Waals surface area contributed by atoms with Gasteiger partial charge in [-0.15, -0.1) is 0 Å². The average Bonchev–Trinajstić information content (AvgIpc) is 2.33. The number of rotatable bonds is 3. The van der Waals surface area contributed by atoms with Gasteiger partial charge in [-0.1, -0.05) is 11.6 Å². The van der Waals surface area contributed by atoms with E-state index in [2.05, 4.69) is 15.6 Å². The quantitative estimate of drug-likeness (QED) is 0.874. The van der Waals surface area contributed by atoms with Crippen LogP contribution in [0, 0.1) is 5.82 Å². The lowest BCUT2D eigenvalue weighted by Crippen LogP contribution is -1.95. The first kappa shape index (κ1) is 11.7. The number of benzene rings is 1. The first-order valence-electron chi connectivity index (χ1n) is 5.05. The van der Waals surface area contributed by atoms with E-state index in [9.17, 15) is 4.39 Å². The van der Waals surface area contributed by atoms with Crippen molar-refractivity contribution in [3.63, 3.8) is 0 Å². The van der Waals surface area contributed by atoms with Gasteiger partial charge in [0.1, 0.15) is 11.6 Å². The van der Waals surface area contributed by atoms with Crippen molar-refractivity contribution in [3.05, 3.63) is 47.4 Å². The van der Waals surface area contributed by atoms with Crippen molar-refractivity contribution in [2.24, 2.45) is 0 Å². The number of hydrogen-bond acceptors (Lipinski definition) is 3. The second kappa shape index (κ2) is 5.01. The summed E-state index contributed by atoms with van der Waals surface area (Å²) in [5.41, 5.74) is 1.49. The molecule has 17 heavy (non-hydrogen) atoms. The summed E-state index contributed by atoms with van der Waals surface area (Å²) in [7, 11) is 1.79. The number of pyridine rings is 1. The Hall–Kier alpha value is -1.81. The van der Waals surface area contributed by atoms with Crippen molar-refractivity contribution in [3.8, 4) is 0 Å². The van der Waals surface area contributed by atoms with Crippen LogP contribution in [0.5, 0.6) is 0 Å². The maximum Gasteiger partial charge on any atom is 0.127 e. The summed E-state index contributed by atoms with van der Waals surface area (Å²) in [5.74, 6) is 0.388. The molecular formula is C12H11ClFN3. The first-order valence-corrected chi connectivity index (χ1v) is 5.43. The summed E-state index contributed by atoms with van der Waals surface area (Å²) in [6.45, 7) is 0. The Labute approximate surface area is 104 Å². The summed E-state index contributed by atoms with van der Waals surface area (Å²) < 4.78 is 12.9. The van der Waals surface area contributed by atoms with E-state index in [1.54, 1.807) is 25.4 Å². The highest BCUT2D eigenvalue weighted by molar-refractivity contribution is 6.33. The fourth-order valence-electron chi connectivity index (χ4n) is 1.39. The largest absolute Gasteiger partial charge is 0.373 e. The van der Waals surface area contributed by atoms with Gasteiger partial charge in [0.25, 0.3) is 0 Å². The SMILES string of the molecule is CNc1cc(Nc2ccc(F)cc2Cl)ccn1. The first-order chi connectivity index (χ1) is 8.19. The number of nitrogens with zero attached hydrogens (tertiary/aromatic N) is 1. The molecule has 0 unspecified atom stereocenters. The van der Waals surface area contributed by atoms with Gasteiger partial charge >= 0.3 is 0 Å². The minimum Gasteiger partial charge on any atom is -0.373 e. The third-order valence-electron chi connectivity index (χ3n) is 2.23. The van der Waals surface area contributed by atoms with Crippen molar-refractivity contribution in [1.82, 2.24) is 4.98 Å². The second-order valence-electron chi connectivity index (χ2n) is 3.43. The summed E-state index contributed by atoms with van der Waals surface area (Å²) in [4.78, 5) is 4.09. The Morgan fingerprint density at radius 2 is 2.06 bits per heavy atom. The molecule has 0 atom stereocenters. The molecule has 0 aliphatic rings. The van der Waals surface area contributed by atoms with Crippen LogP contribution in [0.4, 0.5) is 21.6 Å². The van der Waals surface area contributed by atoms with Crippen molar-refractivity contribution in [2.75, 3.05) is 17.7 Å². The highest BCUT2D eigenvalue weighted by Crippen LogP contribution is 2.26. The molecule has 0 spiro atoms. The monoisotopic (exact) mass is 251 g/mol. The number of nitrogens with one attached hydrogen (secondary N) is 2. The van der Waals surface area contributed by atoms with E-state index < -0.39 is 0 Å². The van der Waals surface area contributed by atoms with Crippen LogP contribution in [-0.2, 0) is 0 Å². The van der Waals surface area contributed by atoms with Gasteiger partial charge in [-0.25, -0.2) is 9.37 Å². The zero-order chi connectivity index (χ0) is 12.3. The number of halogens is 2. The van der Waals surface area contributed by atoms with Gasteiger partial charge in [0, 0.05) is 25.0 Å². The van der Waals surface area contributed by atoms with E-state index in [1.165, 1.54) is 12.1 Å². The van der Waals surface area contributed by atoms with Gasteiger partial charge in [0.15, 0.2) is 0 Å². The molecule has 0 saturated carbocycles. The average molecular weight is 252 g/mol. The van der Waals surface area contributed by atoms with E-state index >= 15 is 0 Å². The normalized spacial score (nSPS) is 10.1.